The summed E-state index contributed by atoms with van der Waals surface area (Å²) in [5.74, 6) is -0.359. The molecule has 1 aliphatic heterocycles. The number of H-pyrrole nitrogens is 2. The fraction of sp³-hybridized carbons (Fsp3) is 0.231. The van der Waals surface area contributed by atoms with Crippen LogP contribution in [0.3, 0.4) is 0 Å². The molecule has 172 valence electrons. The largest absolute Gasteiger partial charge is 0.352 e. The highest BCUT2D eigenvalue weighted by Gasteiger charge is 2.31. The predicted molar refractivity (Wildman–Crippen MR) is 129 cm³/mol. The Bertz CT molecular complexity index is 1440. The van der Waals surface area contributed by atoms with E-state index in [-0.39, 0.29) is 23.4 Å². The number of nitrogens with zero attached hydrogens (tertiary/aromatic N) is 2. The fourth-order valence-corrected chi connectivity index (χ4v) is 4.75. The Morgan fingerprint density at radius 3 is 2.88 bits per heavy atom. The Morgan fingerprint density at radius 2 is 2.03 bits per heavy atom. The van der Waals surface area contributed by atoms with E-state index in [4.69, 9.17) is 0 Å². The van der Waals surface area contributed by atoms with Crippen LogP contribution in [-0.2, 0) is 6.42 Å². The number of carbonyl (C=O) groups excluding carboxylic acids is 2. The van der Waals surface area contributed by atoms with Gasteiger partial charge in [0.25, 0.3) is 11.8 Å². The van der Waals surface area contributed by atoms with Crippen LogP contribution < -0.4 is 10.9 Å². The van der Waals surface area contributed by atoms with Gasteiger partial charge in [-0.05, 0) is 49.1 Å². The molecule has 4 heterocycles. The first-order valence-electron chi connectivity index (χ1n) is 11.3. The van der Waals surface area contributed by atoms with E-state index in [0.717, 1.165) is 17.4 Å². The minimum atomic E-state index is -0.309. The van der Waals surface area contributed by atoms with Gasteiger partial charge in [0.05, 0.1) is 11.6 Å². The molecule has 1 atom stereocenters. The van der Waals surface area contributed by atoms with Crippen molar-refractivity contribution < 1.29 is 9.59 Å². The van der Waals surface area contributed by atoms with Crippen molar-refractivity contribution in [3.05, 3.63) is 99.2 Å². The van der Waals surface area contributed by atoms with Crippen molar-refractivity contribution in [1.82, 2.24) is 25.2 Å². The molecule has 0 radical (unpaired) electrons. The molecule has 8 heteroatoms. The Kier molecular flexibility index (Phi) is 5.71. The Balaban J connectivity index is 1.39. The Labute approximate surface area is 196 Å². The van der Waals surface area contributed by atoms with Gasteiger partial charge >= 0.3 is 0 Å². The van der Waals surface area contributed by atoms with Gasteiger partial charge < -0.3 is 20.2 Å². The summed E-state index contributed by atoms with van der Waals surface area (Å²) in [6.45, 7) is 2.69. The van der Waals surface area contributed by atoms with Crippen LogP contribution >= 0.6 is 0 Å². The van der Waals surface area contributed by atoms with E-state index in [1.54, 1.807) is 31.5 Å². The van der Waals surface area contributed by atoms with E-state index < -0.39 is 0 Å². The minimum absolute atomic E-state index is 0.0527. The normalized spacial score (nSPS) is 15.2. The standard InChI is InChI=1S/C26H25N5O3/c1-16-14-18(15-23(32)30-16)25(33)29-12-8-22-19-5-3-2-4-17(19)9-13-31(22)26(34)21-7-11-28-24-20(21)6-10-27-24/h2-7,10-11,14-15,22H,8-9,12-13H2,1H3,(H,27,28)(H,29,33)(H,30,32). The van der Waals surface area contributed by atoms with Gasteiger partial charge in [-0.2, -0.15) is 0 Å². The van der Waals surface area contributed by atoms with E-state index in [2.05, 4.69) is 32.4 Å². The van der Waals surface area contributed by atoms with Crippen molar-refractivity contribution in [2.45, 2.75) is 25.8 Å². The van der Waals surface area contributed by atoms with Gasteiger partial charge in [0, 0.05) is 48.2 Å². The number of aryl methyl sites for hydroxylation is 1. The fourth-order valence-electron chi connectivity index (χ4n) is 4.75. The number of benzene rings is 1. The number of carbonyl (C=O) groups is 2. The summed E-state index contributed by atoms with van der Waals surface area (Å²) < 4.78 is 0. The highest BCUT2D eigenvalue weighted by Crippen LogP contribution is 2.34. The number of hydrogen-bond donors (Lipinski definition) is 3. The number of amides is 2. The molecule has 0 aliphatic carbocycles. The van der Waals surface area contributed by atoms with E-state index in [9.17, 15) is 14.4 Å². The van der Waals surface area contributed by atoms with Gasteiger partial charge in [0.1, 0.15) is 5.65 Å². The van der Waals surface area contributed by atoms with Crippen LogP contribution in [0, 0.1) is 6.92 Å². The second kappa shape index (κ2) is 8.97. The second-order valence-corrected chi connectivity index (χ2v) is 8.52. The Hall–Kier alpha value is -4.20. The first kappa shape index (κ1) is 21.6. The molecular weight excluding hydrogens is 430 g/mol. The van der Waals surface area contributed by atoms with Crippen LogP contribution in [0.1, 0.15) is 50.0 Å². The lowest BCUT2D eigenvalue weighted by Crippen LogP contribution is -2.41. The van der Waals surface area contributed by atoms with Crippen LogP contribution in [0.5, 0.6) is 0 Å². The summed E-state index contributed by atoms with van der Waals surface area (Å²) in [7, 11) is 0. The van der Waals surface area contributed by atoms with Gasteiger partial charge in [-0.3, -0.25) is 14.4 Å². The molecule has 1 unspecified atom stereocenters. The third kappa shape index (κ3) is 4.10. The van der Waals surface area contributed by atoms with Crippen LogP contribution in [-0.4, -0.2) is 44.8 Å². The van der Waals surface area contributed by atoms with Crippen LogP contribution in [0.2, 0.25) is 0 Å². The number of rotatable bonds is 5. The lowest BCUT2D eigenvalue weighted by Gasteiger charge is -2.37. The smallest absolute Gasteiger partial charge is 0.255 e. The number of hydrogen-bond acceptors (Lipinski definition) is 4. The van der Waals surface area contributed by atoms with Crippen molar-refractivity contribution >= 4 is 22.8 Å². The molecule has 4 aromatic rings. The highest BCUT2D eigenvalue weighted by molar-refractivity contribution is 6.05. The average Bonchev–Trinajstić information content (AvgIpc) is 3.32. The van der Waals surface area contributed by atoms with Crippen molar-refractivity contribution in [2.75, 3.05) is 13.1 Å². The quantitative estimate of drug-likeness (QED) is 0.429. The summed E-state index contributed by atoms with van der Waals surface area (Å²) in [6, 6.07) is 14.5. The predicted octanol–water partition coefficient (Wildman–Crippen LogP) is 3.12. The SMILES string of the molecule is Cc1cc(C(=O)NCCC2c3ccccc3CCN2C(=O)c2ccnc3[nH]ccc23)cc(=O)[nH]1. The molecule has 0 spiro atoms. The molecule has 2 amide bonds. The van der Waals surface area contributed by atoms with E-state index >= 15 is 0 Å². The third-order valence-electron chi connectivity index (χ3n) is 6.31. The van der Waals surface area contributed by atoms with E-state index in [1.807, 2.05) is 23.1 Å². The van der Waals surface area contributed by atoms with Gasteiger partial charge in [-0.1, -0.05) is 24.3 Å². The molecule has 0 fully saturated rings. The number of fused-ring (bicyclic) bond motifs is 2. The third-order valence-corrected chi connectivity index (χ3v) is 6.31. The molecule has 8 nitrogen and oxygen atoms in total. The maximum atomic E-state index is 13.7. The summed E-state index contributed by atoms with van der Waals surface area (Å²) in [5.41, 5.74) is 4.25. The molecule has 5 rings (SSSR count). The molecule has 0 saturated heterocycles. The van der Waals surface area contributed by atoms with Crippen molar-refractivity contribution in [2.24, 2.45) is 0 Å². The zero-order valence-electron chi connectivity index (χ0n) is 18.8. The highest BCUT2D eigenvalue weighted by atomic mass is 16.2. The van der Waals surface area contributed by atoms with E-state index in [0.29, 0.717) is 42.0 Å². The van der Waals surface area contributed by atoms with Gasteiger partial charge in [-0.25, -0.2) is 4.98 Å². The second-order valence-electron chi connectivity index (χ2n) is 8.52. The van der Waals surface area contributed by atoms with Gasteiger partial charge in [-0.15, -0.1) is 0 Å². The van der Waals surface area contributed by atoms with Crippen molar-refractivity contribution in [3.8, 4) is 0 Å². The number of aromatic nitrogens is 3. The molecule has 0 bridgehead atoms. The average molecular weight is 456 g/mol. The summed E-state index contributed by atoms with van der Waals surface area (Å²) >= 11 is 0. The molecule has 1 aliphatic rings. The summed E-state index contributed by atoms with van der Waals surface area (Å²) in [6.07, 6.45) is 4.75. The molecule has 3 N–H and O–H groups in total. The van der Waals surface area contributed by atoms with Crippen LogP contribution in [0.15, 0.2) is 65.7 Å². The van der Waals surface area contributed by atoms with Crippen LogP contribution in [0.25, 0.3) is 11.0 Å². The zero-order chi connectivity index (χ0) is 23.7. The molecule has 3 aromatic heterocycles. The van der Waals surface area contributed by atoms with Gasteiger partial charge in [0.2, 0.25) is 5.56 Å². The maximum absolute atomic E-state index is 13.7. The lowest BCUT2D eigenvalue weighted by atomic mass is 9.90. The van der Waals surface area contributed by atoms with Crippen molar-refractivity contribution in [3.63, 3.8) is 0 Å². The monoisotopic (exact) mass is 455 g/mol. The van der Waals surface area contributed by atoms with Crippen LogP contribution in [0.4, 0.5) is 0 Å². The molecule has 1 aromatic carbocycles. The summed E-state index contributed by atoms with van der Waals surface area (Å²) in [5, 5.41) is 3.71. The number of pyridine rings is 2. The Morgan fingerprint density at radius 1 is 1.18 bits per heavy atom. The summed E-state index contributed by atoms with van der Waals surface area (Å²) in [4.78, 5) is 49.9. The zero-order valence-corrected chi connectivity index (χ0v) is 18.8. The van der Waals surface area contributed by atoms with E-state index in [1.165, 1.54) is 11.6 Å². The molecule has 0 saturated carbocycles. The number of nitrogens with one attached hydrogen (secondary N) is 3. The minimum Gasteiger partial charge on any atom is -0.352 e. The molecule has 34 heavy (non-hydrogen) atoms. The molecular formula is C26H25N5O3. The first-order valence-corrected chi connectivity index (χ1v) is 11.3. The lowest BCUT2D eigenvalue weighted by molar-refractivity contribution is 0.0652. The maximum Gasteiger partial charge on any atom is 0.255 e. The first-order chi connectivity index (χ1) is 16.5. The van der Waals surface area contributed by atoms with Gasteiger partial charge in [0.15, 0.2) is 0 Å². The topological polar surface area (TPSA) is 111 Å². The van der Waals surface area contributed by atoms with Crippen molar-refractivity contribution in [1.29, 1.82) is 0 Å². The number of aromatic amines is 2.